The standard InChI is InChI=1S/C11H17BrN2O3S/c1-13-6-7-14(2)18(15,16)11-8-9(12)4-5-10(11)17-3/h4-5,8,13H,6-7H2,1-3H3. The minimum atomic E-state index is -3.54. The van der Waals surface area contributed by atoms with Gasteiger partial charge in [0.1, 0.15) is 10.6 Å². The van der Waals surface area contributed by atoms with Crippen LogP contribution in [0.5, 0.6) is 5.75 Å². The van der Waals surface area contributed by atoms with Gasteiger partial charge in [0, 0.05) is 24.6 Å². The SMILES string of the molecule is CNCCN(C)S(=O)(=O)c1cc(Br)ccc1OC. The minimum absolute atomic E-state index is 0.165. The van der Waals surface area contributed by atoms with E-state index in [-0.39, 0.29) is 4.90 Å². The molecule has 0 aromatic heterocycles. The summed E-state index contributed by atoms with van der Waals surface area (Å²) < 4.78 is 31.8. The highest BCUT2D eigenvalue weighted by molar-refractivity contribution is 9.10. The fraction of sp³-hybridized carbons (Fsp3) is 0.455. The summed E-state index contributed by atoms with van der Waals surface area (Å²) in [5, 5.41) is 2.92. The number of methoxy groups -OCH3 is 1. The smallest absolute Gasteiger partial charge is 0.246 e. The maximum absolute atomic E-state index is 12.4. The van der Waals surface area contributed by atoms with Crippen molar-refractivity contribution in [1.82, 2.24) is 9.62 Å². The number of ether oxygens (including phenoxy) is 1. The van der Waals surface area contributed by atoms with Crippen LogP contribution in [0, 0.1) is 0 Å². The lowest BCUT2D eigenvalue weighted by Gasteiger charge is -2.18. The minimum Gasteiger partial charge on any atom is -0.495 e. The molecule has 0 aliphatic carbocycles. The topological polar surface area (TPSA) is 58.6 Å². The Labute approximate surface area is 116 Å². The molecule has 18 heavy (non-hydrogen) atoms. The van der Waals surface area contributed by atoms with Gasteiger partial charge in [-0.05, 0) is 25.2 Å². The predicted octanol–water partition coefficient (Wildman–Crippen LogP) is 1.30. The molecule has 0 spiro atoms. The molecule has 0 fully saturated rings. The van der Waals surface area contributed by atoms with E-state index >= 15 is 0 Å². The zero-order valence-corrected chi connectivity index (χ0v) is 13.0. The van der Waals surface area contributed by atoms with Crippen molar-refractivity contribution in [1.29, 1.82) is 0 Å². The summed E-state index contributed by atoms with van der Waals surface area (Å²) in [6.07, 6.45) is 0. The summed E-state index contributed by atoms with van der Waals surface area (Å²) >= 11 is 3.27. The predicted molar refractivity (Wildman–Crippen MR) is 74.4 cm³/mol. The van der Waals surface area contributed by atoms with E-state index in [1.807, 2.05) is 0 Å². The van der Waals surface area contributed by atoms with Crippen LogP contribution in [0.25, 0.3) is 0 Å². The molecule has 0 atom stereocenters. The van der Waals surface area contributed by atoms with Gasteiger partial charge in [-0.15, -0.1) is 0 Å². The van der Waals surface area contributed by atoms with Crippen LogP contribution >= 0.6 is 15.9 Å². The Kier molecular flexibility index (Phi) is 5.58. The Hall–Kier alpha value is -0.630. The molecule has 0 bridgehead atoms. The number of halogens is 1. The van der Waals surface area contributed by atoms with Crippen molar-refractivity contribution in [2.75, 3.05) is 34.3 Å². The van der Waals surface area contributed by atoms with Crippen LogP contribution in [0.15, 0.2) is 27.6 Å². The summed E-state index contributed by atoms with van der Waals surface area (Å²) in [6, 6.07) is 4.92. The Bertz CT molecular complexity index is 505. The number of benzene rings is 1. The second-order valence-electron chi connectivity index (χ2n) is 3.73. The fourth-order valence-electron chi connectivity index (χ4n) is 1.41. The zero-order valence-electron chi connectivity index (χ0n) is 10.6. The third-order valence-corrected chi connectivity index (χ3v) is 4.86. The largest absolute Gasteiger partial charge is 0.495 e. The molecule has 0 saturated carbocycles. The van der Waals surface area contributed by atoms with Gasteiger partial charge < -0.3 is 10.1 Å². The molecule has 0 aliphatic rings. The molecule has 0 aliphatic heterocycles. The van der Waals surface area contributed by atoms with Crippen molar-refractivity contribution in [3.8, 4) is 5.75 Å². The lowest BCUT2D eigenvalue weighted by atomic mass is 10.3. The van der Waals surface area contributed by atoms with Crippen LogP contribution < -0.4 is 10.1 Å². The molecule has 0 radical (unpaired) electrons. The molecule has 0 heterocycles. The third kappa shape index (κ3) is 3.44. The van der Waals surface area contributed by atoms with Crippen LogP contribution in [0.1, 0.15) is 0 Å². The van der Waals surface area contributed by atoms with Crippen molar-refractivity contribution in [3.05, 3.63) is 22.7 Å². The van der Waals surface area contributed by atoms with Gasteiger partial charge in [0.15, 0.2) is 0 Å². The van der Waals surface area contributed by atoms with E-state index in [0.717, 1.165) is 0 Å². The molecule has 1 aromatic carbocycles. The monoisotopic (exact) mass is 336 g/mol. The van der Waals surface area contributed by atoms with Crippen LogP contribution in [-0.4, -0.2) is 47.0 Å². The molecular weight excluding hydrogens is 320 g/mol. The lowest BCUT2D eigenvalue weighted by Crippen LogP contribution is -2.33. The number of nitrogens with zero attached hydrogens (tertiary/aromatic N) is 1. The highest BCUT2D eigenvalue weighted by atomic mass is 79.9. The van der Waals surface area contributed by atoms with E-state index in [4.69, 9.17) is 4.74 Å². The maximum atomic E-state index is 12.4. The second kappa shape index (κ2) is 6.51. The first-order valence-corrected chi connectivity index (χ1v) is 7.61. The number of rotatable bonds is 6. The van der Waals surface area contributed by atoms with Gasteiger partial charge in [-0.25, -0.2) is 8.42 Å². The first-order valence-electron chi connectivity index (χ1n) is 5.38. The van der Waals surface area contributed by atoms with E-state index < -0.39 is 10.0 Å². The maximum Gasteiger partial charge on any atom is 0.246 e. The Morgan fingerprint density at radius 3 is 2.67 bits per heavy atom. The van der Waals surface area contributed by atoms with E-state index in [1.54, 1.807) is 32.3 Å². The quantitative estimate of drug-likeness (QED) is 0.850. The van der Waals surface area contributed by atoms with Gasteiger partial charge in [-0.1, -0.05) is 15.9 Å². The average molecular weight is 337 g/mol. The molecule has 0 saturated heterocycles. The summed E-state index contributed by atoms with van der Waals surface area (Å²) in [5.74, 6) is 0.342. The first kappa shape index (κ1) is 15.4. The third-order valence-electron chi connectivity index (χ3n) is 2.49. The molecular formula is C11H17BrN2O3S. The van der Waals surface area contributed by atoms with E-state index in [9.17, 15) is 8.42 Å². The van der Waals surface area contributed by atoms with Crippen LogP contribution in [0.4, 0.5) is 0 Å². The van der Waals surface area contributed by atoms with Crippen molar-refractivity contribution in [2.24, 2.45) is 0 Å². The Balaban J connectivity index is 3.14. The first-order chi connectivity index (χ1) is 8.43. The fourth-order valence-corrected chi connectivity index (χ4v) is 3.27. The number of hydrogen-bond acceptors (Lipinski definition) is 4. The van der Waals surface area contributed by atoms with Crippen molar-refractivity contribution in [3.63, 3.8) is 0 Å². The van der Waals surface area contributed by atoms with Gasteiger partial charge in [0.25, 0.3) is 0 Å². The molecule has 0 amide bonds. The molecule has 1 aromatic rings. The molecule has 102 valence electrons. The number of hydrogen-bond donors (Lipinski definition) is 1. The zero-order chi connectivity index (χ0) is 13.8. The van der Waals surface area contributed by atoms with E-state index in [0.29, 0.717) is 23.3 Å². The average Bonchev–Trinajstić information content (AvgIpc) is 2.35. The summed E-state index contributed by atoms with van der Waals surface area (Å²) in [4.78, 5) is 0.165. The highest BCUT2D eigenvalue weighted by Gasteiger charge is 2.24. The molecule has 0 unspecified atom stereocenters. The Morgan fingerprint density at radius 2 is 2.11 bits per heavy atom. The number of likely N-dealkylation sites (N-methyl/N-ethyl adjacent to an activating group) is 2. The second-order valence-corrected chi connectivity index (χ2v) is 6.65. The molecule has 1 N–H and O–H groups in total. The van der Waals surface area contributed by atoms with Gasteiger partial charge in [0.05, 0.1) is 7.11 Å². The van der Waals surface area contributed by atoms with Gasteiger partial charge >= 0.3 is 0 Å². The summed E-state index contributed by atoms with van der Waals surface area (Å²) in [6.45, 7) is 0.987. The van der Waals surface area contributed by atoms with Crippen LogP contribution in [0.2, 0.25) is 0 Å². The van der Waals surface area contributed by atoms with Gasteiger partial charge in [-0.2, -0.15) is 4.31 Å². The van der Waals surface area contributed by atoms with Crippen molar-refractivity contribution >= 4 is 26.0 Å². The molecule has 7 heteroatoms. The number of sulfonamides is 1. The van der Waals surface area contributed by atoms with Gasteiger partial charge in [0.2, 0.25) is 10.0 Å². The van der Waals surface area contributed by atoms with Crippen molar-refractivity contribution in [2.45, 2.75) is 4.90 Å². The van der Waals surface area contributed by atoms with Crippen molar-refractivity contribution < 1.29 is 13.2 Å². The highest BCUT2D eigenvalue weighted by Crippen LogP contribution is 2.29. The molecule has 1 rings (SSSR count). The lowest BCUT2D eigenvalue weighted by molar-refractivity contribution is 0.397. The van der Waals surface area contributed by atoms with Gasteiger partial charge in [-0.3, -0.25) is 0 Å². The van der Waals surface area contributed by atoms with E-state index in [1.165, 1.54) is 11.4 Å². The van der Waals surface area contributed by atoms with Crippen LogP contribution in [-0.2, 0) is 10.0 Å². The summed E-state index contributed by atoms with van der Waals surface area (Å²) in [5.41, 5.74) is 0. The number of nitrogens with one attached hydrogen (secondary N) is 1. The van der Waals surface area contributed by atoms with Crippen LogP contribution in [0.3, 0.4) is 0 Å². The normalized spacial score (nSPS) is 11.8. The Morgan fingerprint density at radius 1 is 1.44 bits per heavy atom. The molecule has 5 nitrogen and oxygen atoms in total. The summed E-state index contributed by atoms with van der Waals surface area (Å²) in [7, 11) is 1.24. The van der Waals surface area contributed by atoms with E-state index in [2.05, 4.69) is 21.2 Å².